The number of methoxy groups -OCH3 is 2. The van der Waals surface area contributed by atoms with Gasteiger partial charge in [0.25, 0.3) is 5.79 Å². The van der Waals surface area contributed by atoms with Crippen molar-refractivity contribution in [2.45, 2.75) is 43.7 Å². The van der Waals surface area contributed by atoms with Crippen LogP contribution in [0.2, 0.25) is 0 Å². The van der Waals surface area contributed by atoms with Gasteiger partial charge in [-0.2, -0.15) is 0 Å². The summed E-state index contributed by atoms with van der Waals surface area (Å²) in [5.41, 5.74) is -1.66. The fourth-order valence-corrected chi connectivity index (χ4v) is 3.73. The standard InChI is InChI=1S/C17H20O8/c1-4-8-12(23-2)5-9-13(14(8)20)10(18)7-17(24-3)16(9,22)6-11(19)15(21)25-17/h5,11,19-20,22H,4,6-7H2,1-3H3/t11-,16-,17+/m1/s1. The van der Waals surface area contributed by atoms with Gasteiger partial charge in [-0.3, -0.25) is 4.79 Å². The average molecular weight is 352 g/mol. The second-order valence-corrected chi connectivity index (χ2v) is 6.24. The van der Waals surface area contributed by atoms with Crippen molar-refractivity contribution in [2.24, 2.45) is 0 Å². The Balaban J connectivity index is 2.33. The molecule has 0 bridgehead atoms. The number of phenolic OH excluding ortho intramolecular Hbond substituents is 1. The molecule has 0 radical (unpaired) electrons. The van der Waals surface area contributed by atoms with E-state index in [9.17, 15) is 24.9 Å². The lowest BCUT2D eigenvalue weighted by Crippen LogP contribution is -2.65. The number of carbonyl (C=O) groups is 2. The monoisotopic (exact) mass is 352 g/mol. The molecule has 0 amide bonds. The second kappa shape index (κ2) is 5.69. The first-order valence-electron chi connectivity index (χ1n) is 7.89. The Morgan fingerprint density at radius 1 is 1.36 bits per heavy atom. The summed E-state index contributed by atoms with van der Waals surface area (Å²) in [4.78, 5) is 24.5. The van der Waals surface area contributed by atoms with Crippen LogP contribution in [0.3, 0.4) is 0 Å². The van der Waals surface area contributed by atoms with Crippen molar-refractivity contribution in [3.8, 4) is 11.5 Å². The fraction of sp³-hybridized carbons (Fsp3) is 0.529. The quantitative estimate of drug-likeness (QED) is 0.668. The van der Waals surface area contributed by atoms with Crippen LogP contribution in [0.1, 0.15) is 41.3 Å². The molecule has 8 nitrogen and oxygen atoms in total. The molecule has 0 saturated carbocycles. The summed E-state index contributed by atoms with van der Waals surface area (Å²) >= 11 is 0. The van der Waals surface area contributed by atoms with Gasteiger partial charge in [-0.1, -0.05) is 6.92 Å². The van der Waals surface area contributed by atoms with E-state index in [0.29, 0.717) is 12.0 Å². The van der Waals surface area contributed by atoms with Crippen molar-refractivity contribution >= 4 is 11.8 Å². The highest BCUT2D eigenvalue weighted by Crippen LogP contribution is 2.54. The molecule has 1 aromatic rings. The fourth-order valence-electron chi connectivity index (χ4n) is 3.73. The molecule has 0 unspecified atom stereocenters. The lowest BCUT2D eigenvalue weighted by molar-refractivity contribution is -0.328. The predicted octanol–water partition coefficient (Wildman–Crippen LogP) is 0.388. The molecule has 1 heterocycles. The van der Waals surface area contributed by atoms with Crippen LogP contribution in [-0.2, 0) is 26.3 Å². The summed E-state index contributed by atoms with van der Waals surface area (Å²) in [5, 5.41) is 31.8. The molecule has 0 aromatic heterocycles. The molecule has 25 heavy (non-hydrogen) atoms. The van der Waals surface area contributed by atoms with Gasteiger partial charge >= 0.3 is 5.97 Å². The van der Waals surface area contributed by atoms with E-state index in [0.717, 1.165) is 0 Å². The molecule has 136 valence electrons. The molecule has 3 atom stereocenters. The summed E-state index contributed by atoms with van der Waals surface area (Å²) in [6, 6.07) is 1.42. The number of ketones is 1. The molecule has 8 heteroatoms. The Bertz CT molecular complexity index is 758. The Hall–Kier alpha value is -2.16. The number of aliphatic hydroxyl groups is 2. The summed E-state index contributed by atoms with van der Waals surface area (Å²) in [6.07, 6.45) is -2.10. The predicted molar refractivity (Wildman–Crippen MR) is 83.3 cm³/mol. The summed E-state index contributed by atoms with van der Waals surface area (Å²) in [5.74, 6) is -3.51. The highest BCUT2D eigenvalue weighted by atomic mass is 16.7. The van der Waals surface area contributed by atoms with Gasteiger partial charge < -0.3 is 29.5 Å². The molecule has 1 aromatic carbocycles. The second-order valence-electron chi connectivity index (χ2n) is 6.24. The van der Waals surface area contributed by atoms with E-state index in [1.54, 1.807) is 6.92 Å². The van der Waals surface area contributed by atoms with Crippen LogP contribution >= 0.6 is 0 Å². The average Bonchev–Trinajstić information content (AvgIpc) is 2.57. The SMILES string of the molecule is CCc1c(OC)cc2c(c1O)C(=O)C[C@]1(OC)OC(=O)[C@H](O)C[C@@]21O. The molecule has 3 N–H and O–H groups in total. The number of fused-ring (bicyclic) bond motifs is 3. The highest BCUT2D eigenvalue weighted by Gasteiger charge is 2.65. The zero-order valence-electron chi connectivity index (χ0n) is 14.2. The molecular formula is C17H20O8. The summed E-state index contributed by atoms with van der Waals surface area (Å²) in [7, 11) is 2.60. The van der Waals surface area contributed by atoms with Crippen molar-refractivity contribution in [3.05, 3.63) is 22.8 Å². The maximum Gasteiger partial charge on any atom is 0.337 e. The van der Waals surface area contributed by atoms with Gasteiger partial charge in [0.1, 0.15) is 11.5 Å². The van der Waals surface area contributed by atoms with Gasteiger partial charge in [0.05, 0.1) is 19.1 Å². The molecular weight excluding hydrogens is 332 g/mol. The third kappa shape index (κ3) is 2.18. The number of hydrogen-bond acceptors (Lipinski definition) is 8. The van der Waals surface area contributed by atoms with E-state index in [1.807, 2.05) is 0 Å². The minimum atomic E-state index is -2.02. The first-order chi connectivity index (χ1) is 11.7. The first kappa shape index (κ1) is 17.7. The number of aromatic hydroxyl groups is 1. The summed E-state index contributed by atoms with van der Waals surface area (Å²) in [6.45, 7) is 1.79. The number of Topliss-reactive ketones (excluding diaryl/α,β-unsaturated/α-hetero) is 1. The third-order valence-corrected chi connectivity index (χ3v) is 5.04. The number of benzene rings is 1. The van der Waals surface area contributed by atoms with E-state index in [1.165, 1.54) is 20.3 Å². The Kier molecular flexibility index (Phi) is 4.02. The normalized spacial score (nSPS) is 31.2. The van der Waals surface area contributed by atoms with Crippen LogP contribution in [0.5, 0.6) is 11.5 Å². The Morgan fingerprint density at radius 3 is 2.60 bits per heavy atom. The number of ether oxygens (including phenoxy) is 3. The molecule has 1 saturated heterocycles. The molecule has 1 aliphatic carbocycles. The Labute approximate surface area is 143 Å². The minimum Gasteiger partial charge on any atom is -0.507 e. The van der Waals surface area contributed by atoms with Crippen molar-refractivity contribution in [2.75, 3.05) is 14.2 Å². The molecule has 2 aliphatic rings. The number of esters is 1. The largest absolute Gasteiger partial charge is 0.507 e. The van der Waals surface area contributed by atoms with Crippen LogP contribution < -0.4 is 4.74 Å². The zero-order chi connectivity index (χ0) is 18.6. The topological polar surface area (TPSA) is 123 Å². The summed E-state index contributed by atoms with van der Waals surface area (Å²) < 4.78 is 15.7. The van der Waals surface area contributed by atoms with Crippen LogP contribution in [0.4, 0.5) is 0 Å². The zero-order valence-corrected chi connectivity index (χ0v) is 14.2. The van der Waals surface area contributed by atoms with Gasteiger partial charge in [-0.25, -0.2) is 4.79 Å². The van der Waals surface area contributed by atoms with Crippen LogP contribution in [0.15, 0.2) is 6.07 Å². The number of carbonyl (C=O) groups excluding carboxylic acids is 2. The lowest BCUT2D eigenvalue weighted by Gasteiger charge is -2.51. The van der Waals surface area contributed by atoms with Crippen molar-refractivity contribution in [3.63, 3.8) is 0 Å². The van der Waals surface area contributed by atoms with Gasteiger partial charge in [-0.15, -0.1) is 0 Å². The molecule has 3 rings (SSSR count). The van der Waals surface area contributed by atoms with Crippen molar-refractivity contribution in [1.82, 2.24) is 0 Å². The minimum absolute atomic E-state index is 0.00343. The van der Waals surface area contributed by atoms with Crippen LogP contribution in [-0.4, -0.2) is 53.2 Å². The van der Waals surface area contributed by atoms with Gasteiger partial charge in [0.2, 0.25) is 0 Å². The third-order valence-electron chi connectivity index (χ3n) is 5.04. The maximum atomic E-state index is 12.7. The number of hydrogen-bond donors (Lipinski definition) is 3. The van der Waals surface area contributed by atoms with Crippen LogP contribution in [0, 0.1) is 0 Å². The van der Waals surface area contributed by atoms with Gasteiger partial charge in [-0.05, 0) is 12.5 Å². The van der Waals surface area contributed by atoms with Gasteiger partial charge in [0.15, 0.2) is 17.5 Å². The molecule has 1 aliphatic heterocycles. The first-order valence-corrected chi connectivity index (χ1v) is 7.89. The van der Waals surface area contributed by atoms with E-state index in [-0.39, 0.29) is 22.6 Å². The molecule has 0 spiro atoms. The van der Waals surface area contributed by atoms with E-state index in [2.05, 4.69) is 0 Å². The highest BCUT2D eigenvalue weighted by molar-refractivity contribution is 6.03. The molecule has 1 fully saturated rings. The van der Waals surface area contributed by atoms with Gasteiger partial charge in [0, 0.05) is 24.7 Å². The van der Waals surface area contributed by atoms with Crippen molar-refractivity contribution in [1.29, 1.82) is 0 Å². The smallest absolute Gasteiger partial charge is 0.337 e. The number of rotatable bonds is 3. The maximum absolute atomic E-state index is 12.7. The van der Waals surface area contributed by atoms with E-state index >= 15 is 0 Å². The van der Waals surface area contributed by atoms with E-state index in [4.69, 9.17) is 14.2 Å². The number of aliphatic hydroxyl groups excluding tert-OH is 1. The number of phenols is 1. The lowest BCUT2D eigenvalue weighted by atomic mass is 9.69. The van der Waals surface area contributed by atoms with E-state index < -0.39 is 42.1 Å². The van der Waals surface area contributed by atoms with Crippen molar-refractivity contribution < 1.29 is 39.1 Å². The van der Waals surface area contributed by atoms with Crippen LogP contribution in [0.25, 0.3) is 0 Å². The Morgan fingerprint density at radius 2 is 2.04 bits per heavy atom.